The van der Waals surface area contributed by atoms with Crippen LogP contribution >= 0.6 is 0 Å². The van der Waals surface area contributed by atoms with Crippen molar-refractivity contribution in [2.24, 2.45) is 5.92 Å². The Kier molecular flexibility index (Phi) is 9.54. The average Bonchev–Trinajstić information content (AvgIpc) is 2.93. The predicted molar refractivity (Wildman–Crippen MR) is 83.6 cm³/mol. The molecule has 0 amide bonds. The highest BCUT2D eigenvalue weighted by atomic mass is 16.5. The summed E-state index contributed by atoms with van der Waals surface area (Å²) in [7, 11) is 0. The van der Waals surface area contributed by atoms with Crippen molar-refractivity contribution in [1.82, 2.24) is 5.32 Å². The first-order valence-electron chi connectivity index (χ1n) is 8.61. The molecule has 0 spiro atoms. The molecule has 0 radical (unpaired) electrons. The van der Waals surface area contributed by atoms with Crippen molar-refractivity contribution >= 4 is 0 Å². The van der Waals surface area contributed by atoms with E-state index in [4.69, 9.17) is 4.74 Å². The van der Waals surface area contributed by atoms with Crippen molar-refractivity contribution in [3.63, 3.8) is 0 Å². The zero-order valence-corrected chi connectivity index (χ0v) is 13.4. The molecule has 1 aliphatic rings. The molecule has 0 aromatic carbocycles. The van der Waals surface area contributed by atoms with Crippen LogP contribution in [0.15, 0.2) is 0 Å². The van der Waals surface area contributed by atoms with Gasteiger partial charge in [-0.2, -0.15) is 0 Å². The van der Waals surface area contributed by atoms with E-state index < -0.39 is 0 Å². The normalized spacial score (nSPS) is 21.2. The Morgan fingerprint density at radius 2 is 1.68 bits per heavy atom. The highest BCUT2D eigenvalue weighted by molar-refractivity contribution is 4.79. The minimum atomic E-state index is 0.621. The lowest BCUT2D eigenvalue weighted by Crippen LogP contribution is -2.41. The van der Waals surface area contributed by atoms with Gasteiger partial charge in [0, 0.05) is 18.7 Å². The lowest BCUT2D eigenvalue weighted by atomic mass is 9.96. The maximum absolute atomic E-state index is 5.52. The molecule has 1 saturated heterocycles. The number of nitrogens with one attached hydrogen (secondary N) is 1. The average molecular weight is 269 g/mol. The third kappa shape index (κ3) is 7.31. The quantitative estimate of drug-likeness (QED) is 0.556. The van der Waals surface area contributed by atoms with Crippen LogP contribution in [0.2, 0.25) is 0 Å². The number of hydrogen-bond donors (Lipinski definition) is 1. The van der Waals surface area contributed by atoms with E-state index in [9.17, 15) is 0 Å². The second kappa shape index (κ2) is 10.7. The largest absolute Gasteiger partial charge is 0.381 e. The fraction of sp³-hybridized carbons (Fsp3) is 1.00. The summed E-state index contributed by atoms with van der Waals surface area (Å²) in [4.78, 5) is 0. The molecule has 1 heterocycles. The summed E-state index contributed by atoms with van der Waals surface area (Å²) in [5, 5.41) is 3.90. The van der Waals surface area contributed by atoms with E-state index in [1.165, 1.54) is 57.8 Å². The van der Waals surface area contributed by atoms with E-state index in [2.05, 4.69) is 26.1 Å². The van der Waals surface area contributed by atoms with Gasteiger partial charge in [-0.3, -0.25) is 0 Å². The van der Waals surface area contributed by atoms with Crippen LogP contribution in [0.25, 0.3) is 0 Å². The van der Waals surface area contributed by atoms with Crippen molar-refractivity contribution in [1.29, 1.82) is 0 Å². The highest BCUT2D eigenvalue weighted by Gasteiger charge is 2.23. The van der Waals surface area contributed by atoms with Gasteiger partial charge in [0.05, 0.1) is 6.61 Å². The first-order valence-corrected chi connectivity index (χ1v) is 8.61. The van der Waals surface area contributed by atoms with Crippen LogP contribution in [-0.2, 0) is 4.74 Å². The molecule has 1 N–H and O–H groups in total. The lowest BCUT2D eigenvalue weighted by Gasteiger charge is -2.26. The van der Waals surface area contributed by atoms with Gasteiger partial charge in [-0.15, -0.1) is 0 Å². The van der Waals surface area contributed by atoms with Crippen molar-refractivity contribution in [2.45, 2.75) is 90.6 Å². The summed E-state index contributed by atoms with van der Waals surface area (Å²) in [6.07, 6.45) is 12.1. The van der Waals surface area contributed by atoms with E-state index in [1.807, 2.05) is 0 Å². The van der Waals surface area contributed by atoms with Crippen molar-refractivity contribution in [3.8, 4) is 0 Å². The van der Waals surface area contributed by atoms with Gasteiger partial charge in [0.25, 0.3) is 0 Å². The Bertz CT molecular complexity index is 191. The van der Waals surface area contributed by atoms with Gasteiger partial charge in [0.1, 0.15) is 0 Å². The third-order valence-electron chi connectivity index (χ3n) is 4.48. The van der Waals surface area contributed by atoms with Crippen molar-refractivity contribution in [3.05, 3.63) is 0 Å². The van der Waals surface area contributed by atoms with Crippen molar-refractivity contribution in [2.75, 3.05) is 13.2 Å². The second-order valence-corrected chi connectivity index (χ2v) is 6.27. The van der Waals surface area contributed by atoms with Gasteiger partial charge in [-0.25, -0.2) is 0 Å². The molecule has 0 bridgehead atoms. The fourth-order valence-corrected chi connectivity index (χ4v) is 3.05. The number of ether oxygens (including phenoxy) is 1. The monoisotopic (exact) mass is 269 g/mol. The molecule has 0 saturated carbocycles. The summed E-state index contributed by atoms with van der Waals surface area (Å²) >= 11 is 0. The predicted octanol–water partition coefficient (Wildman–Crippen LogP) is 4.53. The van der Waals surface area contributed by atoms with E-state index in [1.54, 1.807) is 0 Å². The van der Waals surface area contributed by atoms with Gasteiger partial charge in [-0.05, 0) is 32.1 Å². The molecule has 19 heavy (non-hydrogen) atoms. The molecule has 2 heteroatoms. The third-order valence-corrected chi connectivity index (χ3v) is 4.48. The first-order chi connectivity index (χ1) is 9.27. The number of hydrogen-bond acceptors (Lipinski definition) is 2. The Labute approximate surface area is 120 Å². The van der Waals surface area contributed by atoms with Crippen LogP contribution in [0.5, 0.6) is 0 Å². The van der Waals surface area contributed by atoms with E-state index in [0.717, 1.165) is 25.2 Å². The van der Waals surface area contributed by atoms with E-state index in [0.29, 0.717) is 6.04 Å². The number of unbranched alkanes of at least 4 members (excludes halogenated alkanes) is 4. The second-order valence-electron chi connectivity index (χ2n) is 6.27. The molecular formula is C17H35NO. The number of rotatable bonds is 11. The van der Waals surface area contributed by atoms with Crippen LogP contribution in [0.4, 0.5) is 0 Å². The van der Waals surface area contributed by atoms with Crippen molar-refractivity contribution < 1.29 is 4.74 Å². The van der Waals surface area contributed by atoms with Gasteiger partial charge in [0.2, 0.25) is 0 Å². The zero-order valence-electron chi connectivity index (χ0n) is 13.4. The fourth-order valence-electron chi connectivity index (χ4n) is 3.05. The standard InChI is InChI=1S/C17H35NO/c1-4-6-8-10-17(11-9-7-5-2)18-15(3)16-12-13-19-14-16/h15-18H,4-14H2,1-3H3. The van der Waals surface area contributed by atoms with E-state index >= 15 is 0 Å². The maximum atomic E-state index is 5.52. The molecule has 0 aromatic rings. The van der Waals surface area contributed by atoms with Crippen LogP contribution in [0.1, 0.15) is 78.6 Å². The molecule has 1 rings (SSSR count). The molecule has 2 atom stereocenters. The van der Waals surface area contributed by atoms with Crippen LogP contribution in [0.3, 0.4) is 0 Å². The zero-order chi connectivity index (χ0) is 13.9. The lowest BCUT2D eigenvalue weighted by molar-refractivity contribution is 0.175. The van der Waals surface area contributed by atoms with Crippen LogP contribution < -0.4 is 5.32 Å². The first kappa shape index (κ1) is 17.0. The SMILES string of the molecule is CCCCCC(CCCCC)NC(C)C1CCOC1. The molecule has 0 aromatic heterocycles. The maximum Gasteiger partial charge on any atom is 0.0509 e. The molecule has 1 fully saturated rings. The molecule has 1 aliphatic heterocycles. The minimum Gasteiger partial charge on any atom is -0.381 e. The minimum absolute atomic E-state index is 0.621. The molecular weight excluding hydrogens is 234 g/mol. The summed E-state index contributed by atoms with van der Waals surface area (Å²) in [6.45, 7) is 8.86. The van der Waals surface area contributed by atoms with Crippen LogP contribution in [0, 0.1) is 5.92 Å². The van der Waals surface area contributed by atoms with Crippen LogP contribution in [-0.4, -0.2) is 25.3 Å². The van der Waals surface area contributed by atoms with Gasteiger partial charge in [0.15, 0.2) is 0 Å². The topological polar surface area (TPSA) is 21.3 Å². The summed E-state index contributed by atoms with van der Waals surface area (Å²) in [5.74, 6) is 0.736. The summed E-state index contributed by atoms with van der Waals surface area (Å²) in [5.41, 5.74) is 0. The highest BCUT2D eigenvalue weighted by Crippen LogP contribution is 2.19. The summed E-state index contributed by atoms with van der Waals surface area (Å²) in [6, 6.07) is 1.35. The van der Waals surface area contributed by atoms with Gasteiger partial charge < -0.3 is 10.1 Å². The van der Waals surface area contributed by atoms with Gasteiger partial charge >= 0.3 is 0 Å². The summed E-state index contributed by atoms with van der Waals surface area (Å²) < 4.78 is 5.52. The van der Waals surface area contributed by atoms with E-state index in [-0.39, 0.29) is 0 Å². The molecule has 0 aliphatic carbocycles. The Balaban J connectivity index is 2.28. The Morgan fingerprint density at radius 3 is 2.16 bits per heavy atom. The molecule has 114 valence electrons. The molecule has 2 unspecified atom stereocenters. The molecule has 2 nitrogen and oxygen atoms in total. The Hall–Kier alpha value is -0.0800. The smallest absolute Gasteiger partial charge is 0.0509 e. The Morgan fingerprint density at radius 1 is 1.05 bits per heavy atom. The van der Waals surface area contributed by atoms with Gasteiger partial charge in [-0.1, -0.05) is 52.4 Å².